The van der Waals surface area contributed by atoms with Gasteiger partial charge < -0.3 is 4.74 Å². The first-order valence-electron chi connectivity index (χ1n) is 9.40. The molecule has 0 aliphatic carbocycles. The van der Waals surface area contributed by atoms with Gasteiger partial charge in [0, 0.05) is 13.1 Å². The molecule has 0 bridgehead atoms. The summed E-state index contributed by atoms with van der Waals surface area (Å²) < 4.78 is 32.7. The fraction of sp³-hybridized carbons (Fsp3) is 0.429. The smallest absolute Gasteiger partial charge is 0.240 e. The molecule has 1 heterocycles. The fourth-order valence-corrected chi connectivity index (χ4v) is 4.35. The Hall–Kier alpha value is -1.89. The van der Waals surface area contributed by atoms with Gasteiger partial charge in [0.15, 0.2) is 0 Å². The van der Waals surface area contributed by atoms with Gasteiger partial charge >= 0.3 is 0 Å². The topological polar surface area (TPSA) is 58.6 Å². The van der Waals surface area contributed by atoms with E-state index in [9.17, 15) is 8.42 Å². The minimum absolute atomic E-state index is 0.238. The molecule has 146 valence electrons. The van der Waals surface area contributed by atoms with Gasteiger partial charge in [0.2, 0.25) is 10.0 Å². The van der Waals surface area contributed by atoms with Crippen molar-refractivity contribution in [2.24, 2.45) is 5.92 Å². The summed E-state index contributed by atoms with van der Waals surface area (Å²) in [7, 11) is -1.99. The van der Waals surface area contributed by atoms with Crippen LogP contribution >= 0.6 is 0 Å². The van der Waals surface area contributed by atoms with Crippen molar-refractivity contribution < 1.29 is 13.2 Å². The third kappa shape index (κ3) is 5.54. The number of nitrogens with one attached hydrogen (secondary N) is 1. The van der Waals surface area contributed by atoms with Crippen molar-refractivity contribution in [3.05, 3.63) is 59.7 Å². The predicted octanol–water partition coefficient (Wildman–Crippen LogP) is 3.41. The van der Waals surface area contributed by atoms with E-state index in [0.29, 0.717) is 5.75 Å². The lowest BCUT2D eigenvalue weighted by Crippen LogP contribution is -2.32. The molecule has 1 aliphatic rings. The standard InChI is InChI=1S/C21H28N2O3S/c1-17-10-12-23(13-11-17)16-19-5-3-4-18(14-19)15-22-27(24,25)21-8-6-20(26-2)7-9-21/h3-9,14,17,22H,10-13,15-16H2,1-2H3. The SMILES string of the molecule is COc1ccc(S(=O)(=O)NCc2cccc(CN3CCC(C)CC3)c2)cc1. The molecule has 0 aromatic heterocycles. The number of benzene rings is 2. The average Bonchev–Trinajstić information content (AvgIpc) is 2.69. The van der Waals surface area contributed by atoms with E-state index in [2.05, 4.69) is 28.7 Å². The Morgan fingerprint density at radius 1 is 1.07 bits per heavy atom. The summed E-state index contributed by atoms with van der Waals surface area (Å²) in [4.78, 5) is 2.71. The maximum absolute atomic E-state index is 12.5. The van der Waals surface area contributed by atoms with E-state index in [4.69, 9.17) is 4.74 Å². The summed E-state index contributed by atoms with van der Waals surface area (Å²) in [5.74, 6) is 1.45. The largest absolute Gasteiger partial charge is 0.497 e. The number of piperidine rings is 1. The van der Waals surface area contributed by atoms with Gasteiger partial charge in [-0.2, -0.15) is 0 Å². The molecule has 27 heavy (non-hydrogen) atoms. The lowest BCUT2D eigenvalue weighted by Gasteiger charge is -2.30. The second-order valence-electron chi connectivity index (χ2n) is 7.28. The molecule has 0 saturated carbocycles. The van der Waals surface area contributed by atoms with Crippen LogP contribution < -0.4 is 9.46 Å². The van der Waals surface area contributed by atoms with Gasteiger partial charge in [-0.05, 0) is 67.2 Å². The quantitative estimate of drug-likeness (QED) is 0.790. The first-order chi connectivity index (χ1) is 13.0. The fourth-order valence-electron chi connectivity index (χ4n) is 3.33. The van der Waals surface area contributed by atoms with E-state index in [1.807, 2.05) is 12.1 Å². The highest BCUT2D eigenvalue weighted by atomic mass is 32.2. The summed E-state index contributed by atoms with van der Waals surface area (Å²) in [6, 6.07) is 14.6. The van der Waals surface area contributed by atoms with Crippen LogP contribution in [0.1, 0.15) is 30.9 Å². The Morgan fingerprint density at radius 2 is 1.74 bits per heavy atom. The molecule has 0 atom stereocenters. The van der Waals surface area contributed by atoms with Gasteiger partial charge in [0.1, 0.15) is 5.75 Å². The van der Waals surface area contributed by atoms with Gasteiger partial charge in [-0.25, -0.2) is 13.1 Å². The van der Waals surface area contributed by atoms with E-state index >= 15 is 0 Å². The number of methoxy groups -OCH3 is 1. The first-order valence-corrected chi connectivity index (χ1v) is 10.9. The van der Waals surface area contributed by atoms with Crippen molar-refractivity contribution in [2.45, 2.75) is 37.8 Å². The molecule has 2 aromatic rings. The maximum atomic E-state index is 12.5. The molecule has 6 heteroatoms. The van der Waals surface area contributed by atoms with Crippen LogP contribution in [0, 0.1) is 5.92 Å². The van der Waals surface area contributed by atoms with Crippen LogP contribution in [0.2, 0.25) is 0 Å². The molecule has 0 radical (unpaired) electrons. The van der Waals surface area contributed by atoms with Crippen molar-refractivity contribution >= 4 is 10.0 Å². The third-order valence-corrected chi connectivity index (χ3v) is 6.53. The number of likely N-dealkylation sites (tertiary alicyclic amines) is 1. The number of sulfonamides is 1. The van der Waals surface area contributed by atoms with Gasteiger partial charge in [-0.15, -0.1) is 0 Å². The zero-order valence-electron chi connectivity index (χ0n) is 16.0. The van der Waals surface area contributed by atoms with Crippen LogP contribution in [0.3, 0.4) is 0 Å². The van der Waals surface area contributed by atoms with Crippen molar-refractivity contribution in [3.8, 4) is 5.75 Å². The van der Waals surface area contributed by atoms with Gasteiger partial charge in [-0.3, -0.25) is 4.90 Å². The van der Waals surface area contributed by atoms with Crippen LogP contribution in [-0.4, -0.2) is 33.5 Å². The Labute approximate surface area is 162 Å². The lowest BCUT2D eigenvalue weighted by molar-refractivity contribution is 0.185. The first kappa shape index (κ1) is 19.9. The molecule has 5 nitrogen and oxygen atoms in total. The summed E-state index contributed by atoms with van der Waals surface area (Å²) in [6.45, 7) is 5.78. The average molecular weight is 389 g/mol. The minimum atomic E-state index is -3.55. The second kappa shape index (κ2) is 8.87. The molecule has 1 saturated heterocycles. The van der Waals surface area contributed by atoms with Crippen LogP contribution in [0.25, 0.3) is 0 Å². The third-order valence-electron chi connectivity index (χ3n) is 5.11. The second-order valence-corrected chi connectivity index (χ2v) is 9.05. The highest BCUT2D eigenvalue weighted by Gasteiger charge is 2.16. The van der Waals surface area contributed by atoms with Crippen LogP contribution in [0.15, 0.2) is 53.4 Å². The minimum Gasteiger partial charge on any atom is -0.497 e. The monoisotopic (exact) mass is 388 g/mol. The normalized spacial score (nSPS) is 16.4. The maximum Gasteiger partial charge on any atom is 0.240 e. The van der Waals surface area contributed by atoms with E-state index < -0.39 is 10.0 Å². The number of ether oxygens (including phenoxy) is 1. The van der Waals surface area contributed by atoms with E-state index in [0.717, 1.165) is 31.1 Å². The summed E-state index contributed by atoms with van der Waals surface area (Å²) in [5.41, 5.74) is 2.20. The molecule has 0 amide bonds. The van der Waals surface area contributed by atoms with Crippen LogP contribution in [0.5, 0.6) is 5.75 Å². The molecule has 0 spiro atoms. The van der Waals surface area contributed by atoms with E-state index in [1.165, 1.54) is 18.4 Å². The summed E-state index contributed by atoms with van der Waals surface area (Å²) >= 11 is 0. The number of nitrogens with zero attached hydrogens (tertiary/aromatic N) is 1. The van der Waals surface area contributed by atoms with Gasteiger partial charge in [0.05, 0.1) is 12.0 Å². The van der Waals surface area contributed by atoms with Gasteiger partial charge in [0.25, 0.3) is 0 Å². The van der Waals surface area contributed by atoms with Crippen molar-refractivity contribution in [1.29, 1.82) is 0 Å². The number of hydrogen-bond acceptors (Lipinski definition) is 4. The molecular formula is C21H28N2O3S. The Balaban J connectivity index is 1.60. The predicted molar refractivity (Wildman–Crippen MR) is 107 cm³/mol. The number of hydrogen-bond donors (Lipinski definition) is 1. The van der Waals surface area contributed by atoms with Crippen molar-refractivity contribution in [2.75, 3.05) is 20.2 Å². The molecule has 1 fully saturated rings. The molecule has 1 aliphatic heterocycles. The molecular weight excluding hydrogens is 360 g/mol. The highest BCUT2D eigenvalue weighted by molar-refractivity contribution is 7.89. The summed E-state index contributed by atoms with van der Waals surface area (Å²) in [6.07, 6.45) is 2.50. The highest BCUT2D eigenvalue weighted by Crippen LogP contribution is 2.19. The van der Waals surface area contributed by atoms with Gasteiger partial charge in [-0.1, -0.05) is 31.2 Å². The molecule has 1 N–H and O–H groups in total. The van der Waals surface area contributed by atoms with Crippen LogP contribution in [-0.2, 0) is 23.1 Å². The lowest BCUT2D eigenvalue weighted by atomic mass is 9.98. The van der Waals surface area contributed by atoms with Crippen molar-refractivity contribution in [1.82, 2.24) is 9.62 Å². The molecule has 2 aromatic carbocycles. The Kier molecular flexibility index (Phi) is 6.52. The molecule has 0 unspecified atom stereocenters. The van der Waals surface area contributed by atoms with E-state index in [-0.39, 0.29) is 11.4 Å². The van der Waals surface area contributed by atoms with Crippen molar-refractivity contribution in [3.63, 3.8) is 0 Å². The van der Waals surface area contributed by atoms with Crippen LogP contribution in [0.4, 0.5) is 0 Å². The number of rotatable bonds is 7. The molecule has 3 rings (SSSR count). The Morgan fingerprint density at radius 3 is 2.41 bits per heavy atom. The summed E-state index contributed by atoms with van der Waals surface area (Å²) in [5, 5.41) is 0. The van der Waals surface area contributed by atoms with E-state index in [1.54, 1.807) is 31.4 Å². The Bertz CT molecular complexity index is 842. The zero-order chi connectivity index (χ0) is 19.3. The zero-order valence-corrected chi connectivity index (χ0v) is 16.8.